The van der Waals surface area contributed by atoms with Gasteiger partial charge in [-0.15, -0.1) is 0 Å². The highest BCUT2D eigenvalue weighted by Gasteiger charge is 2.27. The molecule has 0 unspecified atom stereocenters. The van der Waals surface area contributed by atoms with E-state index < -0.39 is 12.4 Å². The van der Waals surface area contributed by atoms with Gasteiger partial charge < -0.3 is 19.8 Å². The van der Waals surface area contributed by atoms with Crippen LogP contribution in [0.5, 0.6) is 5.75 Å². The number of carbonyl (C=O) groups is 2. The second-order valence-corrected chi connectivity index (χ2v) is 5.72. The first kappa shape index (κ1) is 15.8. The van der Waals surface area contributed by atoms with Crippen LogP contribution in [0.2, 0.25) is 0 Å². The highest BCUT2D eigenvalue weighted by molar-refractivity contribution is 9.10. The number of halogens is 1. The normalized spacial score (nSPS) is 17.9. The van der Waals surface area contributed by atoms with Gasteiger partial charge in [-0.2, -0.15) is 0 Å². The SMILES string of the molecule is CC(=O)O[C@@H]1CCN(c2cc(O)c(C(=O)CO)cc2Br)C1. The summed E-state index contributed by atoms with van der Waals surface area (Å²) in [7, 11) is 0. The van der Waals surface area contributed by atoms with Crippen LogP contribution in [-0.2, 0) is 9.53 Å². The third kappa shape index (κ3) is 3.54. The third-order valence-corrected chi connectivity index (χ3v) is 3.96. The van der Waals surface area contributed by atoms with E-state index in [0.717, 1.165) is 5.69 Å². The summed E-state index contributed by atoms with van der Waals surface area (Å²) < 4.78 is 5.81. The lowest BCUT2D eigenvalue weighted by Crippen LogP contribution is -2.24. The number of aliphatic hydroxyl groups is 1. The molecule has 0 aromatic heterocycles. The van der Waals surface area contributed by atoms with Crippen molar-refractivity contribution in [2.75, 3.05) is 24.6 Å². The largest absolute Gasteiger partial charge is 0.507 e. The second kappa shape index (κ2) is 6.44. The smallest absolute Gasteiger partial charge is 0.302 e. The van der Waals surface area contributed by atoms with Gasteiger partial charge in [-0.3, -0.25) is 9.59 Å². The zero-order valence-electron chi connectivity index (χ0n) is 11.5. The highest BCUT2D eigenvalue weighted by atomic mass is 79.9. The number of hydrogen-bond acceptors (Lipinski definition) is 6. The number of hydrogen-bond donors (Lipinski definition) is 2. The number of benzene rings is 1. The van der Waals surface area contributed by atoms with E-state index in [2.05, 4.69) is 15.9 Å². The molecule has 1 atom stereocenters. The molecule has 0 aliphatic carbocycles. The molecular weight excluding hydrogens is 342 g/mol. The summed E-state index contributed by atoms with van der Waals surface area (Å²) in [5.74, 6) is -1.03. The molecule has 114 valence electrons. The molecule has 0 spiro atoms. The molecule has 0 saturated carbocycles. The van der Waals surface area contributed by atoms with Crippen LogP contribution in [-0.4, -0.2) is 47.8 Å². The van der Waals surface area contributed by atoms with Crippen molar-refractivity contribution >= 4 is 33.4 Å². The predicted octanol–water partition coefficient (Wildman–Crippen LogP) is 1.47. The van der Waals surface area contributed by atoms with Crippen LogP contribution in [0.3, 0.4) is 0 Å². The molecule has 1 aliphatic rings. The molecule has 1 saturated heterocycles. The van der Waals surface area contributed by atoms with Crippen LogP contribution in [0.4, 0.5) is 5.69 Å². The van der Waals surface area contributed by atoms with Crippen molar-refractivity contribution in [3.05, 3.63) is 22.2 Å². The molecule has 0 bridgehead atoms. The van der Waals surface area contributed by atoms with Gasteiger partial charge in [0.15, 0.2) is 5.78 Å². The lowest BCUT2D eigenvalue weighted by atomic mass is 10.1. The number of aliphatic hydroxyl groups excluding tert-OH is 1. The van der Waals surface area contributed by atoms with Gasteiger partial charge in [0.1, 0.15) is 18.5 Å². The zero-order valence-corrected chi connectivity index (χ0v) is 13.1. The fourth-order valence-corrected chi connectivity index (χ4v) is 2.97. The Morgan fingerprint density at radius 2 is 2.19 bits per heavy atom. The van der Waals surface area contributed by atoms with Gasteiger partial charge in [0, 0.05) is 30.4 Å². The number of anilines is 1. The molecule has 1 aromatic carbocycles. The van der Waals surface area contributed by atoms with E-state index in [1.54, 1.807) is 0 Å². The van der Waals surface area contributed by atoms with Gasteiger partial charge >= 0.3 is 5.97 Å². The summed E-state index contributed by atoms with van der Waals surface area (Å²) in [6.45, 7) is 1.94. The molecule has 1 fully saturated rings. The Bertz CT molecular complexity index is 575. The molecular formula is C14H16BrNO5. The first-order chi connectivity index (χ1) is 9.92. The van der Waals surface area contributed by atoms with Gasteiger partial charge in [0.25, 0.3) is 0 Å². The average molecular weight is 358 g/mol. The fraction of sp³-hybridized carbons (Fsp3) is 0.429. The number of phenols is 1. The van der Waals surface area contributed by atoms with Crippen LogP contribution < -0.4 is 4.90 Å². The van der Waals surface area contributed by atoms with E-state index in [-0.39, 0.29) is 23.4 Å². The molecule has 6 nitrogen and oxygen atoms in total. The maximum atomic E-state index is 11.5. The molecule has 1 aromatic rings. The van der Waals surface area contributed by atoms with Crippen LogP contribution >= 0.6 is 15.9 Å². The summed E-state index contributed by atoms with van der Waals surface area (Å²) in [6.07, 6.45) is 0.541. The minimum atomic E-state index is -0.655. The second-order valence-electron chi connectivity index (χ2n) is 4.87. The van der Waals surface area contributed by atoms with Gasteiger partial charge in [-0.1, -0.05) is 0 Å². The lowest BCUT2D eigenvalue weighted by molar-refractivity contribution is -0.145. The molecule has 21 heavy (non-hydrogen) atoms. The first-order valence-electron chi connectivity index (χ1n) is 6.51. The van der Waals surface area contributed by atoms with E-state index in [0.29, 0.717) is 24.0 Å². The Morgan fingerprint density at radius 3 is 2.81 bits per heavy atom. The third-order valence-electron chi connectivity index (χ3n) is 3.33. The van der Waals surface area contributed by atoms with Gasteiger partial charge in [-0.05, 0) is 22.0 Å². The van der Waals surface area contributed by atoms with Crippen molar-refractivity contribution in [1.82, 2.24) is 0 Å². The number of Topliss-reactive ketones (excluding diaryl/α,β-unsaturated/α-hetero) is 1. The van der Waals surface area contributed by atoms with E-state index in [1.807, 2.05) is 4.90 Å². The maximum Gasteiger partial charge on any atom is 0.302 e. The number of ether oxygens (including phenoxy) is 1. The van der Waals surface area contributed by atoms with Crippen molar-refractivity contribution in [2.45, 2.75) is 19.4 Å². The minimum Gasteiger partial charge on any atom is -0.507 e. The minimum absolute atomic E-state index is 0.0730. The topological polar surface area (TPSA) is 87.1 Å². The Balaban J connectivity index is 2.20. The molecule has 2 rings (SSSR count). The molecule has 7 heteroatoms. The van der Waals surface area contributed by atoms with Crippen molar-refractivity contribution in [3.63, 3.8) is 0 Å². The van der Waals surface area contributed by atoms with Gasteiger partial charge in [0.05, 0.1) is 17.8 Å². The van der Waals surface area contributed by atoms with E-state index in [9.17, 15) is 14.7 Å². The van der Waals surface area contributed by atoms with E-state index >= 15 is 0 Å². The van der Waals surface area contributed by atoms with Crippen LogP contribution in [0.1, 0.15) is 23.7 Å². The first-order valence-corrected chi connectivity index (χ1v) is 7.30. The number of aromatic hydroxyl groups is 1. The zero-order chi connectivity index (χ0) is 15.6. The molecule has 2 N–H and O–H groups in total. The Kier molecular flexibility index (Phi) is 4.84. The Morgan fingerprint density at radius 1 is 1.48 bits per heavy atom. The van der Waals surface area contributed by atoms with Crippen molar-refractivity contribution < 1.29 is 24.5 Å². The Hall–Kier alpha value is -1.60. The average Bonchev–Trinajstić information content (AvgIpc) is 2.87. The molecule has 1 heterocycles. The summed E-state index contributed by atoms with van der Waals surface area (Å²) in [5.41, 5.74) is 0.792. The quantitative estimate of drug-likeness (QED) is 0.626. The molecule has 0 amide bonds. The summed E-state index contributed by atoms with van der Waals surface area (Å²) in [5, 5.41) is 18.8. The summed E-state index contributed by atoms with van der Waals surface area (Å²) in [4.78, 5) is 24.4. The monoisotopic (exact) mass is 357 g/mol. The number of esters is 1. The van der Waals surface area contributed by atoms with Crippen LogP contribution in [0.15, 0.2) is 16.6 Å². The lowest BCUT2D eigenvalue weighted by Gasteiger charge is -2.21. The maximum absolute atomic E-state index is 11.5. The van der Waals surface area contributed by atoms with Crippen molar-refractivity contribution in [3.8, 4) is 5.75 Å². The number of carbonyl (C=O) groups excluding carboxylic acids is 2. The summed E-state index contributed by atoms with van der Waals surface area (Å²) in [6, 6.07) is 2.96. The van der Waals surface area contributed by atoms with Gasteiger partial charge in [0.2, 0.25) is 0 Å². The molecule has 1 aliphatic heterocycles. The van der Waals surface area contributed by atoms with E-state index in [1.165, 1.54) is 19.1 Å². The van der Waals surface area contributed by atoms with Crippen molar-refractivity contribution in [1.29, 1.82) is 0 Å². The van der Waals surface area contributed by atoms with Gasteiger partial charge in [-0.25, -0.2) is 0 Å². The van der Waals surface area contributed by atoms with Crippen LogP contribution in [0.25, 0.3) is 0 Å². The molecule has 0 radical (unpaired) electrons. The van der Waals surface area contributed by atoms with Crippen molar-refractivity contribution in [2.24, 2.45) is 0 Å². The number of rotatable bonds is 4. The number of phenolic OH excluding ortho intramolecular Hbond substituents is 1. The Labute approximate surface area is 130 Å². The number of ketones is 1. The predicted molar refractivity (Wildman–Crippen MR) is 79.6 cm³/mol. The summed E-state index contributed by atoms with van der Waals surface area (Å²) >= 11 is 3.37. The number of nitrogens with zero attached hydrogens (tertiary/aromatic N) is 1. The standard InChI is InChI=1S/C14H16BrNO5/c1-8(18)21-9-2-3-16(6-9)12-5-13(19)10(4-11(12)15)14(20)7-17/h4-5,9,17,19H,2-3,6-7H2,1H3/t9-/m1/s1. The van der Waals surface area contributed by atoms with Crippen LogP contribution in [0, 0.1) is 0 Å². The van der Waals surface area contributed by atoms with E-state index in [4.69, 9.17) is 9.84 Å². The highest BCUT2D eigenvalue weighted by Crippen LogP contribution is 2.35. The fourth-order valence-electron chi connectivity index (χ4n) is 2.38.